The molecule has 29 heavy (non-hydrogen) atoms. The average molecular weight is 404 g/mol. The van der Waals surface area contributed by atoms with Gasteiger partial charge in [-0.05, 0) is 42.3 Å². The van der Waals surface area contributed by atoms with E-state index < -0.39 is 12.6 Å². The van der Waals surface area contributed by atoms with Crippen LogP contribution in [-0.2, 0) is 17.8 Å². The number of hydrogen-bond acceptors (Lipinski definition) is 7. The molecule has 1 heterocycles. The molecule has 9 heteroatoms. The fourth-order valence-corrected chi connectivity index (χ4v) is 2.52. The largest absolute Gasteiger partial charge is 0.493 e. The summed E-state index contributed by atoms with van der Waals surface area (Å²) >= 11 is 0. The van der Waals surface area contributed by atoms with E-state index in [4.69, 9.17) is 14.0 Å². The van der Waals surface area contributed by atoms with Crippen molar-refractivity contribution >= 4 is 5.97 Å². The molecule has 0 atom stereocenters. The van der Waals surface area contributed by atoms with E-state index in [1.54, 1.807) is 12.1 Å². The van der Waals surface area contributed by atoms with Crippen molar-refractivity contribution in [2.75, 3.05) is 7.11 Å². The highest BCUT2D eigenvalue weighted by Gasteiger charge is 2.16. The summed E-state index contributed by atoms with van der Waals surface area (Å²) in [6.07, 6.45) is 0.875. The molecule has 0 N–H and O–H groups in total. The monoisotopic (exact) mass is 404 g/mol. The lowest BCUT2D eigenvalue weighted by molar-refractivity contribution is -0.0512. The maximum atomic E-state index is 12.4. The third-order valence-electron chi connectivity index (χ3n) is 4.03. The molecule has 0 bridgehead atoms. The molecule has 3 rings (SSSR count). The van der Waals surface area contributed by atoms with Gasteiger partial charge in [-0.3, -0.25) is 0 Å². The van der Waals surface area contributed by atoms with Gasteiger partial charge < -0.3 is 18.7 Å². The molecule has 0 spiro atoms. The number of halogens is 2. The van der Waals surface area contributed by atoms with Gasteiger partial charge in [0.1, 0.15) is 0 Å². The number of carbonyl (C=O) groups is 1. The fraction of sp³-hybridized carbons (Fsp3) is 0.250. The zero-order chi connectivity index (χ0) is 20.8. The van der Waals surface area contributed by atoms with Crippen molar-refractivity contribution in [3.05, 3.63) is 59.5 Å². The summed E-state index contributed by atoms with van der Waals surface area (Å²) in [6, 6.07) is 11.3. The van der Waals surface area contributed by atoms with Gasteiger partial charge in [0.2, 0.25) is 5.82 Å². The Bertz CT molecular complexity index is 973. The Hall–Kier alpha value is -3.49. The first-order chi connectivity index (χ1) is 14.0. The van der Waals surface area contributed by atoms with E-state index in [1.807, 2.05) is 19.1 Å². The van der Waals surface area contributed by atoms with Crippen molar-refractivity contribution < 1.29 is 32.3 Å². The van der Waals surface area contributed by atoms with Crippen LogP contribution in [0, 0.1) is 0 Å². The van der Waals surface area contributed by atoms with E-state index in [9.17, 15) is 13.6 Å². The van der Waals surface area contributed by atoms with Crippen LogP contribution in [0.15, 0.2) is 47.0 Å². The summed E-state index contributed by atoms with van der Waals surface area (Å²) in [5.41, 5.74) is 1.99. The predicted octanol–water partition coefficient (Wildman–Crippen LogP) is 4.27. The molecule has 2 aromatic carbocycles. The molecule has 0 unspecified atom stereocenters. The molecule has 0 radical (unpaired) electrons. The topological polar surface area (TPSA) is 83.7 Å². The van der Waals surface area contributed by atoms with Crippen molar-refractivity contribution in [1.82, 2.24) is 10.1 Å². The minimum atomic E-state index is -2.97. The van der Waals surface area contributed by atoms with Crippen LogP contribution in [0.4, 0.5) is 8.78 Å². The second-order valence-corrected chi connectivity index (χ2v) is 5.88. The number of esters is 1. The minimum Gasteiger partial charge on any atom is -0.493 e. The van der Waals surface area contributed by atoms with Crippen LogP contribution in [0.25, 0.3) is 11.4 Å². The first kappa shape index (κ1) is 20.2. The molecular weight excluding hydrogens is 386 g/mol. The van der Waals surface area contributed by atoms with Crippen LogP contribution >= 0.6 is 0 Å². The number of methoxy groups -OCH3 is 1. The molecule has 0 amide bonds. The van der Waals surface area contributed by atoms with Crippen LogP contribution < -0.4 is 9.47 Å². The Kier molecular flexibility index (Phi) is 6.38. The Morgan fingerprint density at radius 1 is 1.14 bits per heavy atom. The predicted molar refractivity (Wildman–Crippen MR) is 97.9 cm³/mol. The van der Waals surface area contributed by atoms with Crippen LogP contribution in [0.3, 0.4) is 0 Å². The molecule has 0 aliphatic rings. The van der Waals surface area contributed by atoms with E-state index in [2.05, 4.69) is 14.9 Å². The molecule has 0 fully saturated rings. The molecule has 1 aromatic heterocycles. The summed E-state index contributed by atoms with van der Waals surface area (Å²) in [6.45, 7) is -1.15. The molecule has 7 nitrogen and oxygen atoms in total. The summed E-state index contributed by atoms with van der Waals surface area (Å²) in [5.74, 6) is -0.257. The van der Waals surface area contributed by atoms with Gasteiger partial charge in [0.05, 0.1) is 12.7 Å². The van der Waals surface area contributed by atoms with Gasteiger partial charge in [0, 0.05) is 5.56 Å². The van der Waals surface area contributed by atoms with Gasteiger partial charge in [-0.2, -0.15) is 13.8 Å². The van der Waals surface area contributed by atoms with Gasteiger partial charge in [-0.15, -0.1) is 0 Å². The van der Waals surface area contributed by atoms with E-state index in [0.29, 0.717) is 11.1 Å². The third kappa shape index (κ3) is 5.07. The number of benzene rings is 2. The lowest BCUT2D eigenvalue weighted by Gasteiger charge is -2.10. The Balaban J connectivity index is 1.66. The normalized spacial score (nSPS) is 10.8. The standard InChI is InChI=1S/C20H18F2N2O5/c1-3-12-4-6-13(7-5-12)19(25)27-11-17-23-18(24-29-17)14-8-9-15(28-20(21)22)16(10-14)26-2/h4-10,20H,3,11H2,1-2H3. The lowest BCUT2D eigenvalue weighted by Crippen LogP contribution is -2.05. The first-order valence-electron chi connectivity index (χ1n) is 8.72. The molecule has 0 aliphatic heterocycles. The Morgan fingerprint density at radius 2 is 1.90 bits per heavy atom. The second-order valence-electron chi connectivity index (χ2n) is 5.88. The van der Waals surface area contributed by atoms with Crippen molar-refractivity contribution in [2.45, 2.75) is 26.6 Å². The Labute approximate surface area is 165 Å². The number of aromatic nitrogens is 2. The highest BCUT2D eigenvalue weighted by molar-refractivity contribution is 5.89. The second kappa shape index (κ2) is 9.13. The summed E-state index contributed by atoms with van der Waals surface area (Å²) < 4.78 is 44.5. The first-order valence-corrected chi connectivity index (χ1v) is 8.72. The smallest absolute Gasteiger partial charge is 0.387 e. The van der Waals surface area contributed by atoms with Crippen LogP contribution in [0.2, 0.25) is 0 Å². The third-order valence-corrected chi connectivity index (χ3v) is 4.03. The fourth-order valence-electron chi connectivity index (χ4n) is 2.52. The van der Waals surface area contributed by atoms with Crippen LogP contribution in [-0.4, -0.2) is 29.8 Å². The van der Waals surface area contributed by atoms with Crippen molar-refractivity contribution in [3.8, 4) is 22.9 Å². The number of ether oxygens (including phenoxy) is 3. The summed E-state index contributed by atoms with van der Waals surface area (Å²) in [5, 5.41) is 3.80. The van der Waals surface area contributed by atoms with Crippen molar-refractivity contribution in [3.63, 3.8) is 0 Å². The maximum absolute atomic E-state index is 12.4. The van der Waals surface area contributed by atoms with Gasteiger partial charge in [-0.1, -0.05) is 24.2 Å². The SMILES string of the molecule is CCc1ccc(C(=O)OCc2nc(-c3ccc(OC(F)F)c(OC)c3)no2)cc1. The number of carbonyl (C=O) groups excluding carboxylic acids is 1. The zero-order valence-electron chi connectivity index (χ0n) is 15.7. The highest BCUT2D eigenvalue weighted by atomic mass is 19.3. The average Bonchev–Trinajstić information content (AvgIpc) is 3.21. The molecule has 0 saturated carbocycles. The minimum absolute atomic E-state index is 0.0883. The van der Waals surface area contributed by atoms with E-state index >= 15 is 0 Å². The molecule has 3 aromatic rings. The van der Waals surface area contributed by atoms with Crippen molar-refractivity contribution in [1.29, 1.82) is 0 Å². The van der Waals surface area contributed by atoms with E-state index in [-0.39, 0.29) is 29.8 Å². The summed E-state index contributed by atoms with van der Waals surface area (Å²) in [4.78, 5) is 16.2. The number of hydrogen-bond donors (Lipinski definition) is 0. The Morgan fingerprint density at radius 3 is 2.55 bits per heavy atom. The maximum Gasteiger partial charge on any atom is 0.387 e. The molecule has 152 valence electrons. The van der Waals surface area contributed by atoms with Gasteiger partial charge in [0.25, 0.3) is 5.89 Å². The number of nitrogens with zero attached hydrogens (tertiary/aromatic N) is 2. The van der Waals surface area contributed by atoms with E-state index in [0.717, 1.165) is 12.0 Å². The quantitative estimate of drug-likeness (QED) is 0.519. The summed E-state index contributed by atoms with van der Waals surface area (Å²) in [7, 11) is 1.32. The lowest BCUT2D eigenvalue weighted by atomic mass is 10.1. The van der Waals surface area contributed by atoms with Gasteiger partial charge in [0.15, 0.2) is 18.1 Å². The highest BCUT2D eigenvalue weighted by Crippen LogP contribution is 2.32. The number of rotatable bonds is 8. The molecule has 0 saturated heterocycles. The van der Waals surface area contributed by atoms with Crippen LogP contribution in [0.5, 0.6) is 11.5 Å². The van der Waals surface area contributed by atoms with E-state index in [1.165, 1.54) is 25.3 Å². The van der Waals surface area contributed by atoms with Gasteiger partial charge >= 0.3 is 12.6 Å². The number of alkyl halides is 2. The van der Waals surface area contributed by atoms with Crippen molar-refractivity contribution in [2.24, 2.45) is 0 Å². The van der Waals surface area contributed by atoms with Crippen LogP contribution in [0.1, 0.15) is 28.7 Å². The molecular formula is C20H18F2N2O5. The molecule has 0 aliphatic carbocycles. The number of aryl methyl sites for hydroxylation is 1. The van der Waals surface area contributed by atoms with Gasteiger partial charge in [-0.25, -0.2) is 4.79 Å². The zero-order valence-corrected chi connectivity index (χ0v) is 15.7.